The number of tetrazole rings is 1. The summed E-state index contributed by atoms with van der Waals surface area (Å²) in [4.78, 5) is 37.8. The third kappa shape index (κ3) is 3.97. The monoisotopic (exact) mass is 454 g/mol. The van der Waals surface area contributed by atoms with Crippen molar-refractivity contribution in [2.45, 2.75) is 29.2 Å². The fraction of sp³-hybridized carbons (Fsp3) is 0.429. The number of β-lactam (4-membered cyclic amide) rings is 1. The number of carboxylic acid groups (broad SMARTS) is 1. The Balaban J connectivity index is 1.44. The molecular formula is C14H14N8O4S3. The molecule has 2 atom stereocenters. The Bertz CT molecular complexity index is 991. The lowest BCUT2D eigenvalue weighted by Gasteiger charge is -2.49. The van der Waals surface area contributed by atoms with Gasteiger partial charge in [0.05, 0.1) is 0 Å². The van der Waals surface area contributed by atoms with Crippen LogP contribution in [0, 0.1) is 6.92 Å². The number of thioether (sulfide) groups is 2. The zero-order valence-corrected chi connectivity index (χ0v) is 17.3. The number of aromatic nitrogens is 6. The fourth-order valence-corrected chi connectivity index (χ4v) is 6.20. The molecule has 2 aliphatic rings. The number of nitrogens with one attached hydrogen (secondary N) is 1. The summed E-state index contributed by atoms with van der Waals surface area (Å²) in [7, 11) is 0. The Hall–Kier alpha value is -2.52. The SMILES string of the molecule is Cc1nnc(SCC2=C(C(=O)O)N3C(=O)C(NC(=O)Cn4cnnn4)[C@H]3SC2)s1. The van der Waals surface area contributed by atoms with Crippen LogP contribution in [0.5, 0.6) is 0 Å². The molecule has 0 saturated carbocycles. The minimum Gasteiger partial charge on any atom is -0.477 e. The molecule has 29 heavy (non-hydrogen) atoms. The third-order valence-electron chi connectivity index (χ3n) is 4.14. The predicted molar refractivity (Wildman–Crippen MR) is 103 cm³/mol. The molecule has 12 nitrogen and oxygen atoms in total. The van der Waals surface area contributed by atoms with E-state index < -0.39 is 29.2 Å². The van der Waals surface area contributed by atoms with Gasteiger partial charge in [-0.1, -0.05) is 23.1 Å². The Labute approximate surface area is 176 Å². The van der Waals surface area contributed by atoms with Crippen molar-refractivity contribution in [1.82, 2.24) is 40.6 Å². The second kappa shape index (κ2) is 8.08. The van der Waals surface area contributed by atoms with Crippen molar-refractivity contribution in [2.75, 3.05) is 11.5 Å². The molecular weight excluding hydrogens is 440 g/mol. The maximum atomic E-state index is 12.6. The number of carboxylic acids is 1. The summed E-state index contributed by atoms with van der Waals surface area (Å²) in [6.07, 6.45) is 1.29. The van der Waals surface area contributed by atoms with Gasteiger partial charge in [-0.2, -0.15) is 0 Å². The number of amides is 2. The van der Waals surface area contributed by atoms with E-state index in [9.17, 15) is 19.5 Å². The molecule has 1 saturated heterocycles. The zero-order chi connectivity index (χ0) is 20.5. The van der Waals surface area contributed by atoms with Crippen molar-refractivity contribution in [2.24, 2.45) is 0 Å². The lowest BCUT2D eigenvalue weighted by Crippen LogP contribution is -2.70. The second-order valence-electron chi connectivity index (χ2n) is 6.10. The van der Waals surface area contributed by atoms with Gasteiger partial charge in [0, 0.05) is 11.5 Å². The van der Waals surface area contributed by atoms with Gasteiger partial charge in [-0.25, -0.2) is 9.48 Å². The van der Waals surface area contributed by atoms with Crippen LogP contribution < -0.4 is 5.32 Å². The molecule has 152 valence electrons. The van der Waals surface area contributed by atoms with E-state index in [4.69, 9.17) is 0 Å². The highest BCUT2D eigenvalue weighted by molar-refractivity contribution is 8.01. The van der Waals surface area contributed by atoms with Crippen molar-refractivity contribution in [1.29, 1.82) is 0 Å². The molecule has 4 heterocycles. The van der Waals surface area contributed by atoms with Gasteiger partial charge in [0.25, 0.3) is 5.91 Å². The van der Waals surface area contributed by atoms with Crippen LogP contribution in [0.15, 0.2) is 21.9 Å². The summed E-state index contributed by atoms with van der Waals surface area (Å²) in [6.45, 7) is 1.72. The normalized spacial score (nSPS) is 21.0. The molecule has 2 amide bonds. The van der Waals surface area contributed by atoms with E-state index in [-0.39, 0.29) is 12.2 Å². The number of rotatable bonds is 7. The summed E-state index contributed by atoms with van der Waals surface area (Å²) < 4.78 is 1.98. The molecule has 2 aromatic rings. The van der Waals surface area contributed by atoms with Crippen LogP contribution in [0.2, 0.25) is 0 Å². The Morgan fingerprint density at radius 1 is 1.41 bits per heavy atom. The highest BCUT2D eigenvalue weighted by Gasteiger charge is 2.54. The Morgan fingerprint density at radius 3 is 2.90 bits per heavy atom. The van der Waals surface area contributed by atoms with Crippen molar-refractivity contribution >= 4 is 52.6 Å². The van der Waals surface area contributed by atoms with E-state index in [0.29, 0.717) is 17.1 Å². The average Bonchev–Trinajstić information content (AvgIpc) is 3.35. The quantitative estimate of drug-likeness (QED) is 0.405. The van der Waals surface area contributed by atoms with Crippen LogP contribution in [-0.2, 0) is 20.9 Å². The molecule has 2 N–H and O–H groups in total. The number of carbonyl (C=O) groups is 3. The van der Waals surface area contributed by atoms with Gasteiger partial charge in [-0.15, -0.1) is 27.1 Å². The first-order chi connectivity index (χ1) is 13.9. The van der Waals surface area contributed by atoms with Gasteiger partial charge in [-0.05, 0) is 22.9 Å². The Morgan fingerprint density at radius 2 is 2.24 bits per heavy atom. The predicted octanol–water partition coefficient (Wildman–Crippen LogP) is -0.636. The number of aliphatic carboxylic acids is 1. The number of nitrogens with zero attached hydrogens (tertiary/aromatic N) is 7. The lowest BCUT2D eigenvalue weighted by molar-refractivity contribution is -0.150. The smallest absolute Gasteiger partial charge is 0.352 e. The van der Waals surface area contributed by atoms with E-state index in [2.05, 4.69) is 31.0 Å². The largest absolute Gasteiger partial charge is 0.477 e. The first-order valence-electron chi connectivity index (χ1n) is 8.27. The molecule has 4 rings (SSSR count). The minimum absolute atomic E-state index is 0.0153. The minimum atomic E-state index is -1.16. The van der Waals surface area contributed by atoms with Gasteiger partial charge in [0.2, 0.25) is 5.91 Å². The van der Waals surface area contributed by atoms with Crippen molar-refractivity contribution < 1.29 is 19.5 Å². The number of carbonyl (C=O) groups excluding carboxylic acids is 2. The first-order valence-corrected chi connectivity index (χ1v) is 11.1. The maximum absolute atomic E-state index is 12.6. The second-order valence-corrected chi connectivity index (χ2v) is 9.60. The molecule has 2 aromatic heterocycles. The molecule has 1 unspecified atom stereocenters. The van der Waals surface area contributed by atoms with E-state index in [1.807, 2.05) is 6.92 Å². The van der Waals surface area contributed by atoms with Crippen LogP contribution >= 0.6 is 34.9 Å². The highest BCUT2D eigenvalue weighted by Crippen LogP contribution is 2.41. The van der Waals surface area contributed by atoms with Crippen LogP contribution in [0.4, 0.5) is 0 Å². The average molecular weight is 455 g/mol. The molecule has 15 heteroatoms. The number of fused-ring (bicyclic) bond motifs is 1. The molecule has 0 aromatic carbocycles. The van der Waals surface area contributed by atoms with E-state index in [1.165, 1.54) is 50.8 Å². The molecule has 0 spiro atoms. The number of hydrogen-bond acceptors (Lipinski definition) is 11. The third-order valence-corrected chi connectivity index (χ3v) is 7.54. The van der Waals surface area contributed by atoms with Gasteiger partial charge in [-0.3, -0.25) is 14.5 Å². The van der Waals surface area contributed by atoms with Gasteiger partial charge in [0.15, 0.2) is 4.34 Å². The van der Waals surface area contributed by atoms with Crippen LogP contribution in [-0.4, -0.2) is 81.1 Å². The van der Waals surface area contributed by atoms with Crippen LogP contribution in [0.3, 0.4) is 0 Å². The van der Waals surface area contributed by atoms with Crippen molar-refractivity contribution in [3.63, 3.8) is 0 Å². The summed E-state index contributed by atoms with van der Waals surface area (Å²) in [5, 5.41) is 31.1. The van der Waals surface area contributed by atoms with E-state index >= 15 is 0 Å². The van der Waals surface area contributed by atoms with Gasteiger partial charge in [0.1, 0.15) is 35.0 Å². The van der Waals surface area contributed by atoms with Crippen LogP contribution in [0.1, 0.15) is 5.01 Å². The maximum Gasteiger partial charge on any atom is 0.352 e. The van der Waals surface area contributed by atoms with Gasteiger partial charge >= 0.3 is 5.97 Å². The van der Waals surface area contributed by atoms with Crippen molar-refractivity contribution in [3.8, 4) is 0 Å². The summed E-state index contributed by atoms with van der Waals surface area (Å²) in [6, 6.07) is -0.779. The fourth-order valence-electron chi connectivity index (χ4n) is 2.90. The standard InChI is InChI=1S/C14H14N8O4S3/c1-6-17-18-14(29-6)28-4-7-3-27-12-9(11(24)22(12)10(7)13(25)26)16-8(23)2-21-5-15-19-20-21/h5,9,12H,2-4H2,1H3,(H,16,23)(H,25,26)/t9?,12-/m1/s1. The zero-order valence-electron chi connectivity index (χ0n) is 14.9. The molecule has 2 aliphatic heterocycles. The molecule has 0 bridgehead atoms. The summed E-state index contributed by atoms with van der Waals surface area (Å²) in [5.41, 5.74) is 0.627. The first kappa shape index (κ1) is 19.8. The Kier molecular flexibility index (Phi) is 5.51. The van der Waals surface area contributed by atoms with Crippen LogP contribution in [0.25, 0.3) is 0 Å². The van der Waals surface area contributed by atoms with Gasteiger partial charge < -0.3 is 10.4 Å². The summed E-state index contributed by atoms with van der Waals surface area (Å²) in [5.74, 6) is -1.19. The molecule has 1 fully saturated rings. The number of aryl methyl sites for hydroxylation is 1. The molecule has 0 radical (unpaired) electrons. The molecule has 0 aliphatic carbocycles. The topological polar surface area (TPSA) is 156 Å². The number of hydrogen-bond donors (Lipinski definition) is 2. The highest BCUT2D eigenvalue weighted by atomic mass is 32.2. The lowest BCUT2D eigenvalue weighted by atomic mass is 10.0. The van der Waals surface area contributed by atoms with Crippen molar-refractivity contribution in [3.05, 3.63) is 22.6 Å². The summed E-state index contributed by atoms with van der Waals surface area (Å²) >= 11 is 4.24. The van der Waals surface area contributed by atoms with E-state index in [1.54, 1.807) is 0 Å². The van der Waals surface area contributed by atoms with E-state index in [0.717, 1.165) is 9.35 Å².